The van der Waals surface area contributed by atoms with E-state index in [-0.39, 0.29) is 5.91 Å². The molecular weight excluding hydrogens is 428 g/mol. The fraction of sp³-hybridized carbons (Fsp3) is 0.304. The SMILES string of the molecule is Cc1noc(CSc2ccccc2C(=O)N2CCC(c3nc4ccccc4s3)CC2)n1. The number of benzene rings is 2. The van der Waals surface area contributed by atoms with E-state index in [1.807, 2.05) is 35.2 Å². The van der Waals surface area contributed by atoms with Crippen LogP contribution in [0.4, 0.5) is 0 Å². The smallest absolute Gasteiger partial charge is 0.254 e. The van der Waals surface area contributed by atoms with Crippen LogP contribution in [0.1, 0.15) is 45.8 Å². The zero-order valence-corrected chi connectivity index (χ0v) is 18.8. The minimum atomic E-state index is 0.0903. The Morgan fingerprint density at radius 1 is 1.13 bits per heavy atom. The Labute approximate surface area is 188 Å². The van der Waals surface area contributed by atoms with Crippen LogP contribution >= 0.6 is 23.1 Å². The number of nitrogens with zero attached hydrogens (tertiary/aromatic N) is 4. The van der Waals surface area contributed by atoms with Gasteiger partial charge in [-0.05, 0) is 44.0 Å². The van der Waals surface area contributed by atoms with Crippen molar-refractivity contribution < 1.29 is 9.32 Å². The van der Waals surface area contributed by atoms with Crippen molar-refractivity contribution in [2.24, 2.45) is 0 Å². The van der Waals surface area contributed by atoms with Gasteiger partial charge >= 0.3 is 0 Å². The molecule has 5 rings (SSSR count). The molecule has 0 atom stereocenters. The van der Waals surface area contributed by atoms with Gasteiger partial charge in [0, 0.05) is 23.9 Å². The number of amides is 1. The summed E-state index contributed by atoms with van der Waals surface area (Å²) in [7, 11) is 0. The number of carbonyl (C=O) groups is 1. The quantitative estimate of drug-likeness (QED) is 0.384. The predicted octanol–water partition coefficient (Wildman–Crippen LogP) is 5.30. The van der Waals surface area contributed by atoms with Crippen molar-refractivity contribution in [2.75, 3.05) is 13.1 Å². The maximum Gasteiger partial charge on any atom is 0.254 e. The van der Waals surface area contributed by atoms with E-state index in [1.165, 1.54) is 9.71 Å². The standard InChI is InChI=1S/C23H22N4O2S2/c1-15-24-21(29-26-15)14-30-19-8-4-2-6-17(19)23(28)27-12-10-16(11-13-27)22-25-18-7-3-5-9-20(18)31-22/h2-9,16H,10-14H2,1H3. The van der Waals surface area contributed by atoms with E-state index in [0.717, 1.165) is 41.9 Å². The first-order valence-corrected chi connectivity index (χ1v) is 12.1. The van der Waals surface area contributed by atoms with Crippen LogP contribution in [0.15, 0.2) is 57.9 Å². The molecule has 1 amide bonds. The van der Waals surface area contributed by atoms with Gasteiger partial charge in [-0.25, -0.2) is 4.98 Å². The van der Waals surface area contributed by atoms with Gasteiger partial charge in [-0.1, -0.05) is 29.4 Å². The summed E-state index contributed by atoms with van der Waals surface area (Å²) in [5.41, 5.74) is 1.81. The first kappa shape index (κ1) is 20.2. The molecule has 3 heterocycles. The molecule has 1 aliphatic heterocycles. The largest absolute Gasteiger partial charge is 0.339 e. The highest BCUT2D eigenvalue weighted by molar-refractivity contribution is 7.98. The molecule has 2 aromatic heterocycles. The van der Waals surface area contributed by atoms with Gasteiger partial charge in [0.25, 0.3) is 5.91 Å². The summed E-state index contributed by atoms with van der Waals surface area (Å²) in [6.07, 6.45) is 1.89. The van der Waals surface area contributed by atoms with Gasteiger partial charge in [-0.3, -0.25) is 4.79 Å². The number of thiazole rings is 1. The van der Waals surface area contributed by atoms with Crippen LogP contribution in [0.5, 0.6) is 0 Å². The van der Waals surface area contributed by atoms with E-state index in [2.05, 4.69) is 28.3 Å². The molecule has 0 spiro atoms. The summed E-state index contributed by atoms with van der Waals surface area (Å²) >= 11 is 3.33. The lowest BCUT2D eigenvalue weighted by molar-refractivity contribution is 0.0709. The fourth-order valence-electron chi connectivity index (χ4n) is 3.87. The van der Waals surface area contributed by atoms with Gasteiger partial charge in [0.15, 0.2) is 5.82 Å². The van der Waals surface area contributed by atoms with Gasteiger partial charge in [0.05, 0.1) is 26.5 Å². The van der Waals surface area contributed by atoms with Crippen LogP contribution in [-0.4, -0.2) is 39.0 Å². The molecule has 0 unspecified atom stereocenters. The summed E-state index contributed by atoms with van der Waals surface area (Å²) in [6, 6.07) is 16.0. The van der Waals surface area contributed by atoms with Gasteiger partial charge in [-0.15, -0.1) is 23.1 Å². The number of carbonyl (C=O) groups excluding carboxylic acids is 1. The highest BCUT2D eigenvalue weighted by Crippen LogP contribution is 2.35. The number of rotatable bonds is 5. The molecule has 8 heteroatoms. The van der Waals surface area contributed by atoms with Gasteiger partial charge in [0.1, 0.15) is 0 Å². The molecule has 4 aromatic rings. The zero-order valence-electron chi connectivity index (χ0n) is 17.2. The number of hydrogen-bond acceptors (Lipinski definition) is 7. The molecule has 1 fully saturated rings. The Hall–Kier alpha value is -2.71. The molecule has 158 valence electrons. The van der Waals surface area contributed by atoms with E-state index in [9.17, 15) is 4.79 Å². The fourth-order valence-corrected chi connectivity index (χ4v) is 5.89. The van der Waals surface area contributed by atoms with Crippen LogP contribution in [0.3, 0.4) is 0 Å². The predicted molar refractivity (Wildman–Crippen MR) is 123 cm³/mol. The Morgan fingerprint density at radius 3 is 2.68 bits per heavy atom. The van der Waals surface area contributed by atoms with Crippen LogP contribution < -0.4 is 0 Å². The third-order valence-corrected chi connectivity index (χ3v) is 7.74. The molecule has 0 radical (unpaired) electrons. The van der Waals surface area contributed by atoms with Crippen molar-refractivity contribution >= 4 is 39.2 Å². The molecule has 1 saturated heterocycles. The Morgan fingerprint density at radius 2 is 1.90 bits per heavy atom. The highest BCUT2D eigenvalue weighted by Gasteiger charge is 2.27. The van der Waals surface area contributed by atoms with Crippen molar-refractivity contribution in [1.29, 1.82) is 0 Å². The number of hydrogen-bond donors (Lipinski definition) is 0. The van der Waals surface area contributed by atoms with Crippen molar-refractivity contribution in [3.63, 3.8) is 0 Å². The van der Waals surface area contributed by atoms with Gasteiger partial charge in [-0.2, -0.15) is 4.98 Å². The van der Waals surface area contributed by atoms with Gasteiger partial charge < -0.3 is 9.42 Å². The Kier molecular flexibility index (Phi) is 5.74. The first-order valence-electron chi connectivity index (χ1n) is 10.3. The number of thioether (sulfide) groups is 1. The molecule has 0 saturated carbocycles. The average molecular weight is 451 g/mol. The van der Waals surface area contributed by atoms with E-state index in [4.69, 9.17) is 9.51 Å². The van der Waals surface area contributed by atoms with Crippen LogP contribution in [-0.2, 0) is 5.75 Å². The third kappa shape index (κ3) is 4.36. The Bertz CT molecular complexity index is 1180. The minimum absolute atomic E-state index is 0.0903. The minimum Gasteiger partial charge on any atom is -0.339 e. The van der Waals surface area contributed by atoms with E-state index < -0.39 is 0 Å². The average Bonchev–Trinajstić information content (AvgIpc) is 3.43. The summed E-state index contributed by atoms with van der Waals surface area (Å²) in [5.74, 6) is 2.25. The van der Waals surface area contributed by atoms with E-state index in [0.29, 0.717) is 23.4 Å². The van der Waals surface area contributed by atoms with Crippen LogP contribution in [0, 0.1) is 6.92 Å². The molecule has 2 aromatic carbocycles. The third-order valence-electron chi connectivity index (χ3n) is 5.48. The number of aryl methyl sites for hydroxylation is 1. The second-order valence-corrected chi connectivity index (χ2v) is 9.69. The number of aromatic nitrogens is 3. The number of fused-ring (bicyclic) bond motifs is 1. The summed E-state index contributed by atoms with van der Waals surface area (Å²) in [5, 5.41) is 5.02. The maximum atomic E-state index is 13.3. The highest BCUT2D eigenvalue weighted by atomic mass is 32.2. The zero-order chi connectivity index (χ0) is 21.2. The second-order valence-electron chi connectivity index (χ2n) is 7.61. The number of likely N-dealkylation sites (tertiary alicyclic amines) is 1. The number of para-hydroxylation sites is 1. The van der Waals surface area contributed by atoms with Crippen molar-refractivity contribution in [3.8, 4) is 0 Å². The van der Waals surface area contributed by atoms with Crippen LogP contribution in [0.25, 0.3) is 10.2 Å². The van der Waals surface area contributed by atoms with E-state index >= 15 is 0 Å². The van der Waals surface area contributed by atoms with Crippen molar-refractivity contribution in [3.05, 3.63) is 70.8 Å². The molecule has 0 bridgehead atoms. The molecule has 6 nitrogen and oxygen atoms in total. The summed E-state index contributed by atoms with van der Waals surface area (Å²) in [4.78, 5) is 25.3. The molecule has 0 aliphatic carbocycles. The lowest BCUT2D eigenvalue weighted by Gasteiger charge is -2.31. The van der Waals surface area contributed by atoms with Gasteiger partial charge in [0.2, 0.25) is 5.89 Å². The van der Waals surface area contributed by atoms with E-state index in [1.54, 1.807) is 30.0 Å². The van der Waals surface area contributed by atoms with Crippen molar-refractivity contribution in [2.45, 2.75) is 36.3 Å². The molecule has 1 aliphatic rings. The topological polar surface area (TPSA) is 72.1 Å². The molecular formula is C23H22N4O2S2. The molecule has 0 N–H and O–H groups in total. The summed E-state index contributed by atoms with van der Waals surface area (Å²) in [6.45, 7) is 3.30. The molecule has 31 heavy (non-hydrogen) atoms. The summed E-state index contributed by atoms with van der Waals surface area (Å²) < 4.78 is 6.43. The van der Waals surface area contributed by atoms with Crippen LogP contribution in [0.2, 0.25) is 0 Å². The maximum absolute atomic E-state index is 13.3. The number of piperidine rings is 1. The van der Waals surface area contributed by atoms with Crippen molar-refractivity contribution in [1.82, 2.24) is 20.0 Å². The normalized spacial score (nSPS) is 14.9. The Balaban J connectivity index is 1.25. The lowest BCUT2D eigenvalue weighted by atomic mass is 9.97. The first-order chi connectivity index (χ1) is 15.2. The lowest BCUT2D eigenvalue weighted by Crippen LogP contribution is -2.38. The monoisotopic (exact) mass is 450 g/mol. The second kappa shape index (κ2) is 8.80.